The molecular weight excluding hydrogens is 390 g/mol. The van der Waals surface area contributed by atoms with Crippen LogP contribution in [0.1, 0.15) is 50.8 Å². The summed E-state index contributed by atoms with van der Waals surface area (Å²) < 4.78 is 33.0. The maximum atomic E-state index is 13.1. The molecule has 1 atom stereocenters. The molecule has 7 nitrogen and oxygen atoms in total. The van der Waals surface area contributed by atoms with E-state index in [1.807, 2.05) is 6.92 Å². The van der Waals surface area contributed by atoms with E-state index in [-0.39, 0.29) is 6.04 Å². The lowest BCUT2D eigenvalue weighted by Gasteiger charge is -2.24. The number of nitrogens with zero attached hydrogens (tertiary/aromatic N) is 2. The number of aromatic nitrogens is 1. The number of sulfonamides is 1. The molecule has 1 aliphatic heterocycles. The average molecular weight is 418 g/mol. The summed E-state index contributed by atoms with van der Waals surface area (Å²) in [5, 5.41) is 2.58. The Morgan fingerprint density at radius 3 is 2.45 bits per heavy atom. The first-order valence-electron chi connectivity index (χ1n) is 9.61. The van der Waals surface area contributed by atoms with E-state index in [0.717, 1.165) is 24.0 Å². The van der Waals surface area contributed by atoms with Crippen LogP contribution < -0.4 is 5.32 Å². The zero-order chi connectivity index (χ0) is 21.2. The molecule has 8 heteroatoms. The van der Waals surface area contributed by atoms with Gasteiger partial charge in [-0.3, -0.25) is 5.32 Å². The predicted octanol–water partition coefficient (Wildman–Crippen LogP) is 4.26. The van der Waals surface area contributed by atoms with Crippen molar-refractivity contribution in [3.8, 4) is 0 Å². The average Bonchev–Trinajstić information content (AvgIpc) is 3.12. The number of benzene rings is 1. The molecule has 3 rings (SSSR count). The third-order valence-corrected chi connectivity index (χ3v) is 6.55. The van der Waals surface area contributed by atoms with Crippen LogP contribution in [0.4, 0.5) is 10.6 Å². The highest BCUT2D eigenvalue weighted by Gasteiger charge is 2.36. The van der Waals surface area contributed by atoms with Crippen LogP contribution in [0.15, 0.2) is 47.5 Å². The Morgan fingerprint density at radius 1 is 1.17 bits per heavy atom. The van der Waals surface area contributed by atoms with Crippen LogP contribution in [-0.2, 0) is 14.8 Å². The van der Waals surface area contributed by atoms with Gasteiger partial charge >= 0.3 is 6.09 Å². The maximum Gasteiger partial charge on any atom is 0.413 e. The molecule has 0 spiro atoms. The minimum Gasteiger partial charge on any atom is -0.444 e. The van der Waals surface area contributed by atoms with Crippen molar-refractivity contribution in [2.45, 2.75) is 57.1 Å². The standard InChI is InChI=1S/C21H27N3O4S/c1-15-7-10-17(11-8-15)29(26,27)24-13-5-6-18(24)16-9-12-19(22-14-16)23-20(25)28-21(2,3)4/h7-12,14,18H,5-6,13H2,1-4H3,(H,22,23,25). The van der Waals surface area contributed by atoms with Crippen molar-refractivity contribution in [1.82, 2.24) is 9.29 Å². The second kappa shape index (κ2) is 8.12. The van der Waals surface area contributed by atoms with E-state index in [4.69, 9.17) is 4.74 Å². The van der Waals surface area contributed by atoms with E-state index in [1.54, 1.807) is 63.4 Å². The van der Waals surface area contributed by atoms with Crippen molar-refractivity contribution in [3.05, 3.63) is 53.7 Å². The summed E-state index contributed by atoms with van der Waals surface area (Å²) in [6.07, 6.45) is 2.54. The molecule has 1 aliphatic rings. The molecule has 2 aromatic rings. The number of amides is 1. The maximum absolute atomic E-state index is 13.1. The first-order valence-corrected chi connectivity index (χ1v) is 11.0. The van der Waals surface area contributed by atoms with Gasteiger partial charge in [0.2, 0.25) is 10.0 Å². The second-order valence-electron chi connectivity index (χ2n) is 8.19. The van der Waals surface area contributed by atoms with Gasteiger partial charge in [0, 0.05) is 12.7 Å². The van der Waals surface area contributed by atoms with Crippen molar-refractivity contribution in [2.75, 3.05) is 11.9 Å². The molecule has 0 bridgehead atoms. The number of aryl methyl sites for hydroxylation is 1. The Hall–Kier alpha value is -2.45. The van der Waals surface area contributed by atoms with E-state index >= 15 is 0 Å². The fourth-order valence-corrected chi connectivity index (χ4v) is 4.97. The molecule has 156 valence electrons. The van der Waals surface area contributed by atoms with Gasteiger partial charge in [0.15, 0.2) is 0 Å². The monoisotopic (exact) mass is 417 g/mol. The normalized spacial score (nSPS) is 17.9. The zero-order valence-electron chi connectivity index (χ0n) is 17.2. The Morgan fingerprint density at radius 2 is 1.86 bits per heavy atom. The summed E-state index contributed by atoms with van der Waals surface area (Å²) in [6, 6.07) is 10.1. The van der Waals surface area contributed by atoms with Crippen molar-refractivity contribution < 1.29 is 17.9 Å². The smallest absolute Gasteiger partial charge is 0.413 e. The molecule has 29 heavy (non-hydrogen) atoms. The number of anilines is 1. The number of carbonyl (C=O) groups is 1. The Labute approximate surface area is 172 Å². The van der Waals surface area contributed by atoms with Gasteiger partial charge in [-0.25, -0.2) is 18.2 Å². The van der Waals surface area contributed by atoms with Crippen LogP contribution in [0.3, 0.4) is 0 Å². The van der Waals surface area contributed by atoms with Gasteiger partial charge in [0.05, 0.1) is 10.9 Å². The molecular formula is C21H27N3O4S. The predicted molar refractivity (Wildman–Crippen MR) is 111 cm³/mol. The summed E-state index contributed by atoms with van der Waals surface area (Å²) in [7, 11) is -3.59. The number of rotatable bonds is 4. The van der Waals surface area contributed by atoms with Crippen LogP contribution >= 0.6 is 0 Å². The lowest BCUT2D eigenvalue weighted by Crippen LogP contribution is -2.30. The minimum absolute atomic E-state index is 0.274. The number of hydrogen-bond acceptors (Lipinski definition) is 5. The lowest BCUT2D eigenvalue weighted by molar-refractivity contribution is 0.0635. The molecule has 0 aliphatic carbocycles. The first kappa shape index (κ1) is 21.3. The number of nitrogens with one attached hydrogen (secondary N) is 1. The molecule has 2 heterocycles. The molecule has 0 radical (unpaired) electrons. The fraction of sp³-hybridized carbons (Fsp3) is 0.429. The number of hydrogen-bond donors (Lipinski definition) is 1. The summed E-state index contributed by atoms with van der Waals surface area (Å²) in [6.45, 7) is 7.75. The van der Waals surface area contributed by atoms with Crippen LogP contribution in [0.5, 0.6) is 0 Å². The summed E-state index contributed by atoms with van der Waals surface area (Å²) in [4.78, 5) is 16.4. The molecule has 1 amide bonds. The topological polar surface area (TPSA) is 88.6 Å². The largest absolute Gasteiger partial charge is 0.444 e. The van der Waals surface area contributed by atoms with Crippen LogP contribution in [0, 0.1) is 6.92 Å². The molecule has 1 fully saturated rings. The van der Waals surface area contributed by atoms with Gasteiger partial charge in [-0.15, -0.1) is 0 Å². The molecule has 1 saturated heterocycles. The Kier molecular flexibility index (Phi) is 5.95. The summed E-state index contributed by atoms with van der Waals surface area (Å²) >= 11 is 0. The lowest BCUT2D eigenvalue weighted by atomic mass is 10.1. The van der Waals surface area contributed by atoms with Crippen LogP contribution in [0.25, 0.3) is 0 Å². The van der Waals surface area contributed by atoms with Gasteiger partial charge in [-0.2, -0.15) is 4.31 Å². The van der Waals surface area contributed by atoms with E-state index < -0.39 is 21.7 Å². The second-order valence-corrected chi connectivity index (χ2v) is 10.1. The van der Waals surface area contributed by atoms with E-state index in [9.17, 15) is 13.2 Å². The van der Waals surface area contributed by atoms with E-state index in [1.165, 1.54) is 4.31 Å². The number of pyridine rings is 1. The zero-order valence-corrected chi connectivity index (χ0v) is 18.0. The molecule has 1 N–H and O–H groups in total. The molecule has 0 saturated carbocycles. The Balaban J connectivity index is 1.76. The van der Waals surface area contributed by atoms with Gasteiger partial charge in [-0.05, 0) is 64.3 Å². The van der Waals surface area contributed by atoms with Gasteiger partial charge < -0.3 is 4.74 Å². The van der Waals surface area contributed by atoms with Crippen molar-refractivity contribution in [3.63, 3.8) is 0 Å². The highest BCUT2D eigenvalue weighted by Crippen LogP contribution is 2.36. The van der Waals surface area contributed by atoms with Crippen molar-refractivity contribution >= 4 is 21.9 Å². The van der Waals surface area contributed by atoms with Gasteiger partial charge in [-0.1, -0.05) is 23.8 Å². The van der Waals surface area contributed by atoms with Crippen LogP contribution in [-0.4, -0.2) is 35.9 Å². The molecule has 1 unspecified atom stereocenters. The quantitative estimate of drug-likeness (QED) is 0.803. The van der Waals surface area contributed by atoms with Crippen LogP contribution in [0.2, 0.25) is 0 Å². The first-order chi connectivity index (χ1) is 13.6. The Bertz CT molecular complexity index is 964. The van der Waals surface area contributed by atoms with Gasteiger partial charge in [0.1, 0.15) is 11.4 Å². The highest BCUT2D eigenvalue weighted by atomic mass is 32.2. The van der Waals surface area contributed by atoms with Crippen molar-refractivity contribution in [1.29, 1.82) is 0 Å². The van der Waals surface area contributed by atoms with E-state index in [0.29, 0.717) is 17.3 Å². The third-order valence-electron chi connectivity index (χ3n) is 4.63. The minimum atomic E-state index is -3.59. The molecule has 1 aromatic carbocycles. The summed E-state index contributed by atoms with van der Waals surface area (Å²) in [5.74, 6) is 0.355. The third kappa shape index (κ3) is 5.13. The fourth-order valence-electron chi connectivity index (χ4n) is 3.29. The molecule has 1 aromatic heterocycles. The van der Waals surface area contributed by atoms with E-state index in [2.05, 4.69) is 10.3 Å². The SMILES string of the molecule is Cc1ccc(S(=O)(=O)N2CCCC2c2ccc(NC(=O)OC(C)(C)C)nc2)cc1. The van der Waals surface area contributed by atoms with Crippen molar-refractivity contribution in [2.24, 2.45) is 0 Å². The number of ether oxygens (including phenoxy) is 1. The van der Waals surface area contributed by atoms with Gasteiger partial charge in [0.25, 0.3) is 0 Å². The highest BCUT2D eigenvalue weighted by molar-refractivity contribution is 7.89. The summed E-state index contributed by atoms with van der Waals surface area (Å²) in [5.41, 5.74) is 1.21. The number of carbonyl (C=O) groups excluding carboxylic acids is 1.